The molecule has 160 valence electrons. The number of hydrogen-bond acceptors (Lipinski definition) is 7. The van der Waals surface area contributed by atoms with E-state index in [9.17, 15) is 0 Å². The molecule has 0 spiro atoms. The van der Waals surface area contributed by atoms with Gasteiger partial charge in [-0.1, -0.05) is 35.6 Å². The van der Waals surface area contributed by atoms with Crippen molar-refractivity contribution in [3.8, 4) is 0 Å². The molecule has 0 N–H and O–H groups in total. The molecule has 1 aromatic rings. The molecule has 0 saturated carbocycles. The van der Waals surface area contributed by atoms with Crippen molar-refractivity contribution in [1.82, 2.24) is 19.8 Å². The number of piperazine rings is 1. The summed E-state index contributed by atoms with van der Waals surface area (Å²) in [6.45, 7) is 9.01. The smallest absolute Gasteiger partial charge is 0.231 e. The Labute approximate surface area is 183 Å². The SMILES string of the molecule is Cc1cc(C)nc(SCCN2CCN(C3=COC(CC4=CC=CCC4)=CO3)CC2)n1. The molecule has 7 heteroatoms. The Kier molecular flexibility index (Phi) is 7.12. The average molecular weight is 427 g/mol. The van der Waals surface area contributed by atoms with Gasteiger partial charge in [0.1, 0.15) is 12.0 Å². The van der Waals surface area contributed by atoms with Gasteiger partial charge in [-0.2, -0.15) is 0 Å². The maximum absolute atomic E-state index is 5.88. The van der Waals surface area contributed by atoms with E-state index in [0.717, 1.165) is 85.9 Å². The van der Waals surface area contributed by atoms with Gasteiger partial charge in [0.15, 0.2) is 11.4 Å². The first-order valence-electron chi connectivity index (χ1n) is 10.7. The highest BCUT2D eigenvalue weighted by Gasteiger charge is 2.22. The van der Waals surface area contributed by atoms with Crippen LogP contribution >= 0.6 is 11.8 Å². The van der Waals surface area contributed by atoms with Crippen LogP contribution in [0.2, 0.25) is 0 Å². The van der Waals surface area contributed by atoms with Crippen molar-refractivity contribution in [3.05, 3.63) is 65.4 Å². The van der Waals surface area contributed by atoms with Crippen molar-refractivity contribution in [3.63, 3.8) is 0 Å². The zero-order valence-corrected chi connectivity index (χ0v) is 18.7. The molecule has 3 aliphatic rings. The topological polar surface area (TPSA) is 50.7 Å². The van der Waals surface area contributed by atoms with Crippen molar-refractivity contribution in [2.45, 2.75) is 38.3 Å². The summed E-state index contributed by atoms with van der Waals surface area (Å²) in [5.74, 6) is 2.70. The molecule has 0 unspecified atom stereocenters. The molecule has 1 aliphatic carbocycles. The number of allylic oxidation sites excluding steroid dienone is 4. The molecule has 1 saturated heterocycles. The Hall–Kier alpha value is -2.25. The Morgan fingerprint density at radius 1 is 1.03 bits per heavy atom. The summed E-state index contributed by atoms with van der Waals surface area (Å²) in [6, 6.07) is 2.01. The lowest BCUT2D eigenvalue weighted by molar-refractivity contribution is 0.0853. The van der Waals surface area contributed by atoms with Crippen LogP contribution in [0.4, 0.5) is 0 Å². The van der Waals surface area contributed by atoms with Crippen molar-refractivity contribution in [1.29, 1.82) is 0 Å². The van der Waals surface area contributed by atoms with E-state index in [2.05, 4.69) is 38.0 Å². The highest BCUT2D eigenvalue weighted by atomic mass is 32.2. The van der Waals surface area contributed by atoms with Crippen molar-refractivity contribution in [2.75, 3.05) is 38.5 Å². The van der Waals surface area contributed by atoms with Crippen LogP contribution in [-0.4, -0.2) is 58.2 Å². The Balaban J connectivity index is 1.17. The quantitative estimate of drug-likeness (QED) is 0.479. The minimum atomic E-state index is 0.814. The van der Waals surface area contributed by atoms with Gasteiger partial charge >= 0.3 is 0 Å². The first-order chi connectivity index (χ1) is 14.7. The van der Waals surface area contributed by atoms with Gasteiger partial charge in [0.05, 0.1) is 0 Å². The molecule has 1 fully saturated rings. The van der Waals surface area contributed by atoms with Crippen molar-refractivity contribution in [2.24, 2.45) is 0 Å². The van der Waals surface area contributed by atoms with E-state index in [-0.39, 0.29) is 0 Å². The molecule has 3 heterocycles. The summed E-state index contributed by atoms with van der Waals surface area (Å²) in [6.07, 6.45) is 13.1. The average Bonchev–Trinajstić information content (AvgIpc) is 2.75. The highest BCUT2D eigenvalue weighted by molar-refractivity contribution is 7.99. The molecule has 30 heavy (non-hydrogen) atoms. The third kappa shape index (κ3) is 5.89. The summed E-state index contributed by atoms with van der Waals surface area (Å²) in [4.78, 5) is 13.8. The van der Waals surface area contributed by atoms with Crippen LogP contribution in [0, 0.1) is 13.8 Å². The van der Waals surface area contributed by atoms with Crippen LogP contribution in [0.15, 0.2) is 59.2 Å². The largest absolute Gasteiger partial charge is 0.460 e. The number of nitrogens with zero attached hydrogens (tertiary/aromatic N) is 4. The number of thioether (sulfide) groups is 1. The first kappa shape index (κ1) is 21.0. The second kappa shape index (κ2) is 10.2. The van der Waals surface area contributed by atoms with E-state index >= 15 is 0 Å². The van der Waals surface area contributed by atoms with Gasteiger partial charge in [0.2, 0.25) is 5.88 Å². The van der Waals surface area contributed by atoms with Gasteiger partial charge in [-0.05, 0) is 32.8 Å². The van der Waals surface area contributed by atoms with Crippen LogP contribution in [0.25, 0.3) is 0 Å². The predicted octanol–water partition coefficient (Wildman–Crippen LogP) is 4.16. The fourth-order valence-electron chi connectivity index (χ4n) is 3.78. The number of aryl methyl sites for hydroxylation is 2. The van der Waals surface area contributed by atoms with E-state index < -0.39 is 0 Å². The van der Waals surface area contributed by atoms with E-state index in [1.165, 1.54) is 5.57 Å². The highest BCUT2D eigenvalue weighted by Crippen LogP contribution is 2.25. The minimum absolute atomic E-state index is 0.814. The maximum atomic E-state index is 5.88. The lowest BCUT2D eigenvalue weighted by Crippen LogP contribution is -2.46. The van der Waals surface area contributed by atoms with E-state index in [1.807, 2.05) is 19.9 Å². The van der Waals surface area contributed by atoms with Gasteiger partial charge < -0.3 is 14.4 Å². The van der Waals surface area contributed by atoms with Crippen molar-refractivity contribution < 1.29 is 9.47 Å². The lowest BCUT2D eigenvalue weighted by Gasteiger charge is -2.36. The summed E-state index contributed by atoms with van der Waals surface area (Å²) in [5.41, 5.74) is 3.46. The van der Waals surface area contributed by atoms with Gasteiger partial charge in [0.25, 0.3) is 0 Å². The predicted molar refractivity (Wildman–Crippen MR) is 120 cm³/mol. The Bertz CT molecular complexity index is 850. The summed E-state index contributed by atoms with van der Waals surface area (Å²) in [7, 11) is 0. The molecular weight excluding hydrogens is 396 g/mol. The standard InChI is InChI=1S/C23H30N4O2S/c1-18-14-19(2)25-23(24-18)30-13-12-26-8-10-27(11-9-26)22-17-28-21(16-29-22)15-20-6-4-3-5-7-20/h3-4,6,14,16-17H,5,7-13,15H2,1-2H3. The molecule has 4 rings (SSSR count). The molecule has 0 atom stereocenters. The summed E-state index contributed by atoms with van der Waals surface area (Å²) < 4.78 is 11.7. The molecule has 6 nitrogen and oxygen atoms in total. The van der Waals surface area contributed by atoms with Gasteiger partial charge in [0, 0.05) is 56.3 Å². The lowest BCUT2D eigenvalue weighted by atomic mass is 10.0. The van der Waals surface area contributed by atoms with Crippen LogP contribution < -0.4 is 0 Å². The number of ether oxygens (including phenoxy) is 2. The first-order valence-corrected chi connectivity index (χ1v) is 11.6. The van der Waals surface area contributed by atoms with E-state index in [4.69, 9.17) is 9.47 Å². The van der Waals surface area contributed by atoms with Gasteiger partial charge in [-0.3, -0.25) is 4.90 Å². The Morgan fingerprint density at radius 2 is 1.83 bits per heavy atom. The van der Waals surface area contributed by atoms with Crippen molar-refractivity contribution >= 4 is 11.8 Å². The molecule has 0 amide bonds. The molecule has 0 bridgehead atoms. The maximum Gasteiger partial charge on any atom is 0.231 e. The van der Waals surface area contributed by atoms with Gasteiger partial charge in [-0.15, -0.1) is 0 Å². The zero-order chi connectivity index (χ0) is 20.8. The van der Waals surface area contributed by atoms with Crippen LogP contribution in [0.3, 0.4) is 0 Å². The molecule has 0 radical (unpaired) electrons. The molecule has 1 aromatic heterocycles. The third-order valence-electron chi connectivity index (χ3n) is 5.41. The van der Waals surface area contributed by atoms with E-state index in [1.54, 1.807) is 24.3 Å². The normalized spacial score (nSPS) is 19.5. The number of aromatic nitrogens is 2. The molecular formula is C23H30N4O2S. The second-order valence-corrected chi connectivity index (χ2v) is 8.92. The monoisotopic (exact) mass is 426 g/mol. The Morgan fingerprint density at radius 3 is 2.50 bits per heavy atom. The molecule has 0 aromatic carbocycles. The van der Waals surface area contributed by atoms with Crippen LogP contribution in [-0.2, 0) is 9.47 Å². The fourth-order valence-corrected chi connectivity index (χ4v) is 4.73. The fraction of sp³-hybridized carbons (Fsp3) is 0.478. The second-order valence-electron chi connectivity index (χ2n) is 7.85. The number of hydrogen-bond donors (Lipinski definition) is 0. The van der Waals surface area contributed by atoms with Gasteiger partial charge in [-0.25, -0.2) is 9.97 Å². The molecule has 2 aliphatic heterocycles. The number of rotatable bonds is 7. The summed E-state index contributed by atoms with van der Waals surface area (Å²) >= 11 is 1.74. The van der Waals surface area contributed by atoms with Crippen LogP contribution in [0.5, 0.6) is 0 Å². The van der Waals surface area contributed by atoms with E-state index in [0.29, 0.717) is 0 Å². The zero-order valence-electron chi connectivity index (χ0n) is 17.8. The summed E-state index contributed by atoms with van der Waals surface area (Å²) in [5, 5.41) is 0.881. The minimum Gasteiger partial charge on any atom is -0.460 e. The third-order valence-corrected chi connectivity index (χ3v) is 6.24. The van der Waals surface area contributed by atoms with Crippen LogP contribution in [0.1, 0.15) is 30.7 Å².